The molecule has 2 N–H and O–H groups in total. The molecule has 1 aromatic heterocycles. The molecule has 0 aliphatic carbocycles. The van der Waals surface area contributed by atoms with Crippen LogP contribution >= 0.6 is 0 Å². The fourth-order valence-corrected chi connectivity index (χ4v) is 2.63. The zero-order valence-electron chi connectivity index (χ0n) is 14.1. The van der Waals surface area contributed by atoms with Crippen LogP contribution in [0.5, 0.6) is 0 Å². The number of carbonyl (C=O) groups is 2. The molecule has 1 aliphatic heterocycles. The van der Waals surface area contributed by atoms with E-state index in [0.717, 1.165) is 19.4 Å². The number of rotatable bonds is 5. The van der Waals surface area contributed by atoms with E-state index in [9.17, 15) is 9.59 Å². The van der Waals surface area contributed by atoms with Gasteiger partial charge in [0.25, 0.3) is 11.8 Å². The summed E-state index contributed by atoms with van der Waals surface area (Å²) in [6.45, 7) is 1.18. The maximum Gasteiger partial charge on any atom is 0.274 e. The molecule has 7 heteroatoms. The van der Waals surface area contributed by atoms with Gasteiger partial charge in [0.05, 0.1) is 17.7 Å². The largest absolute Gasteiger partial charge is 0.376 e. The SMILES string of the molecule is N#Cc1ccc(NC(=O)c2cc(C(=O)NCC3CCCO3)ccn2)cc1. The minimum absolute atomic E-state index is 0.0555. The Hall–Kier alpha value is -3.24. The van der Waals surface area contributed by atoms with E-state index in [0.29, 0.717) is 23.4 Å². The summed E-state index contributed by atoms with van der Waals surface area (Å²) >= 11 is 0. The van der Waals surface area contributed by atoms with Gasteiger partial charge >= 0.3 is 0 Å². The summed E-state index contributed by atoms with van der Waals surface area (Å²) < 4.78 is 5.47. The van der Waals surface area contributed by atoms with Gasteiger partial charge in [-0.15, -0.1) is 0 Å². The molecule has 3 rings (SSSR count). The monoisotopic (exact) mass is 350 g/mol. The normalized spacial score (nSPS) is 15.9. The Labute approximate surface area is 151 Å². The van der Waals surface area contributed by atoms with Crippen molar-refractivity contribution in [2.24, 2.45) is 0 Å². The molecule has 0 spiro atoms. The average Bonchev–Trinajstić information content (AvgIpc) is 3.20. The topological polar surface area (TPSA) is 104 Å². The third-order valence-corrected chi connectivity index (χ3v) is 4.04. The summed E-state index contributed by atoms with van der Waals surface area (Å²) in [7, 11) is 0. The highest BCUT2D eigenvalue weighted by Crippen LogP contribution is 2.12. The van der Waals surface area contributed by atoms with Gasteiger partial charge in [-0.1, -0.05) is 0 Å². The van der Waals surface area contributed by atoms with Gasteiger partial charge in [-0.25, -0.2) is 0 Å². The zero-order valence-corrected chi connectivity index (χ0v) is 14.1. The first-order chi connectivity index (χ1) is 12.7. The van der Waals surface area contributed by atoms with Crippen LogP contribution in [0, 0.1) is 11.3 Å². The number of aromatic nitrogens is 1. The molecule has 2 amide bonds. The smallest absolute Gasteiger partial charge is 0.274 e. The molecule has 2 aromatic rings. The molecule has 1 fully saturated rings. The number of ether oxygens (including phenoxy) is 1. The Morgan fingerprint density at radius 3 is 2.73 bits per heavy atom. The Bertz CT molecular complexity index is 837. The zero-order chi connectivity index (χ0) is 18.4. The van der Waals surface area contributed by atoms with Gasteiger partial charge in [-0.05, 0) is 49.2 Å². The molecular formula is C19H18N4O3. The molecule has 1 atom stereocenters. The predicted octanol–water partition coefficient (Wildman–Crippen LogP) is 2.11. The molecule has 1 aromatic carbocycles. The minimum atomic E-state index is -0.427. The van der Waals surface area contributed by atoms with E-state index in [1.807, 2.05) is 6.07 Å². The van der Waals surface area contributed by atoms with Crippen molar-refractivity contribution in [1.82, 2.24) is 10.3 Å². The number of pyridine rings is 1. The molecule has 1 unspecified atom stereocenters. The van der Waals surface area contributed by atoms with E-state index in [1.165, 1.54) is 12.3 Å². The van der Waals surface area contributed by atoms with E-state index in [2.05, 4.69) is 15.6 Å². The third kappa shape index (κ3) is 4.43. The number of hydrogen-bond donors (Lipinski definition) is 2. The molecule has 2 heterocycles. The van der Waals surface area contributed by atoms with E-state index in [1.54, 1.807) is 30.3 Å². The molecule has 1 saturated heterocycles. The quantitative estimate of drug-likeness (QED) is 0.859. The number of nitrogens with one attached hydrogen (secondary N) is 2. The Morgan fingerprint density at radius 1 is 1.23 bits per heavy atom. The second-order valence-corrected chi connectivity index (χ2v) is 5.92. The van der Waals surface area contributed by atoms with Crippen LogP contribution in [0.1, 0.15) is 39.3 Å². The summed E-state index contributed by atoms with van der Waals surface area (Å²) in [4.78, 5) is 28.6. The first kappa shape index (κ1) is 17.6. The summed E-state index contributed by atoms with van der Waals surface area (Å²) in [5.41, 5.74) is 1.55. The number of hydrogen-bond acceptors (Lipinski definition) is 5. The summed E-state index contributed by atoms with van der Waals surface area (Å²) in [5, 5.41) is 14.3. The van der Waals surface area contributed by atoms with Crippen LogP contribution in [0.4, 0.5) is 5.69 Å². The first-order valence-corrected chi connectivity index (χ1v) is 8.33. The van der Waals surface area contributed by atoms with Gasteiger partial charge in [0.1, 0.15) is 5.69 Å². The Morgan fingerprint density at radius 2 is 2.04 bits per heavy atom. The lowest BCUT2D eigenvalue weighted by Gasteiger charge is -2.11. The highest BCUT2D eigenvalue weighted by atomic mass is 16.5. The summed E-state index contributed by atoms with van der Waals surface area (Å²) in [5.74, 6) is -0.696. The number of amides is 2. The van der Waals surface area contributed by atoms with Crippen LogP contribution in [0.25, 0.3) is 0 Å². The maximum absolute atomic E-state index is 12.3. The Balaban J connectivity index is 1.62. The summed E-state index contributed by atoms with van der Waals surface area (Å²) in [6.07, 6.45) is 3.43. The van der Waals surface area contributed by atoms with E-state index >= 15 is 0 Å². The van der Waals surface area contributed by atoms with Crippen molar-refractivity contribution < 1.29 is 14.3 Å². The Kier molecular flexibility index (Phi) is 5.56. The lowest BCUT2D eigenvalue weighted by molar-refractivity contribution is 0.0857. The number of nitrogens with zero attached hydrogens (tertiary/aromatic N) is 2. The number of carbonyl (C=O) groups excluding carboxylic acids is 2. The molecular weight excluding hydrogens is 332 g/mol. The number of benzene rings is 1. The van der Waals surface area contributed by atoms with Gasteiger partial charge in [-0.2, -0.15) is 5.26 Å². The number of anilines is 1. The molecule has 0 bridgehead atoms. The van der Waals surface area contributed by atoms with Gasteiger partial charge in [-0.3, -0.25) is 14.6 Å². The van der Waals surface area contributed by atoms with Crippen molar-refractivity contribution in [3.8, 4) is 6.07 Å². The van der Waals surface area contributed by atoms with Crippen molar-refractivity contribution in [2.45, 2.75) is 18.9 Å². The fourth-order valence-electron chi connectivity index (χ4n) is 2.63. The maximum atomic E-state index is 12.3. The third-order valence-electron chi connectivity index (χ3n) is 4.04. The van der Waals surface area contributed by atoms with Crippen molar-refractivity contribution in [3.05, 3.63) is 59.4 Å². The van der Waals surface area contributed by atoms with Crippen LogP contribution in [-0.4, -0.2) is 36.1 Å². The van der Waals surface area contributed by atoms with Gasteiger partial charge in [0, 0.05) is 30.6 Å². The van der Waals surface area contributed by atoms with Gasteiger partial charge < -0.3 is 15.4 Å². The second-order valence-electron chi connectivity index (χ2n) is 5.92. The van der Waals surface area contributed by atoms with Crippen molar-refractivity contribution in [2.75, 3.05) is 18.5 Å². The van der Waals surface area contributed by atoms with Crippen molar-refractivity contribution >= 4 is 17.5 Å². The molecule has 0 saturated carbocycles. The van der Waals surface area contributed by atoms with Crippen LogP contribution in [-0.2, 0) is 4.74 Å². The molecule has 1 aliphatic rings. The average molecular weight is 350 g/mol. The fraction of sp³-hybridized carbons (Fsp3) is 0.263. The number of nitriles is 1. The standard InChI is InChI=1S/C19H18N4O3/c20-11-13-3-5-15(6-4-13)23-19(25)17-10-14(7-8-21-17)18(24)22-12-16-2-1-9-26-16/h3-8,10,16H,1-2,9,12H2,(H,22,24)(H,23,25). The lowest BCUT2D eigenvalue weighted by Crippen LogP contribution is -2.32. The molecule has 26 heavy (non-hydrogen) atoms. The molecule has 132 valence electrons. The van der Waals surface area contributed by atoms with Crippen molar-refractivity contribution in [1.29, 1.82) is 5.26 Å². The first-order valence-electron chi connectivity index (χ1n) is 8.33. The van der Waals surface area contributed by atoms with Crippen molar-refractivity contribution in [3.63, 3.8) is 0 Å². The summed E-state index contributed by atoms with van der Waals surface area (Å²) in [6, 6.07) is 11.5. The van der Waals surface area contributed by atoms with Gasteiger partial charge in [0.2, 0.25) is 0 Å². The van der Waals surface area contributed by atoms with Crippen LogP contribution in [0.2, 0.25) is 0 Å². The van der Waals surface area contributed by atoms with Crippen LogP contribution in [0.3, 0.4) is 0 Å². The van der Waals surface area contributed by atoms with Crippen LogP contribution in [0.15, 0.2) is 42.6 Å². The van der Waals surface area contributed by atoms with E-state index in [-0.39, 0.29) is 17.7 Å². The highest BCUT2D eigenvalue weighted by Gasteiger charge is 2.17. The van der Waals surface area contributed by atoms with Gasteiger partial charge in [0.15, 0.2) is 0 Å². The molecule has 0 radical (unpaired) electrons. The van der Waals surface area contributed by atoms with E-state index < -0.39 is 5.91 Å². The lowest BCUT2D eigenvalue weighted by atomic mass is 10.2. The predicted molar refractivity (Wildman–Crippen MR) is 94.7 cm³/mol. The highest BCUT2D eigenvalue weighted by molar-refractivity contribution is 6.04. The minimum Gasteiger partial charge on any atom is -0.376 e. The van der Waals surface area contributed by atoms with E-state index in [4.69, 9.17) is 10.00 Å². The second kappa shape index (κ2) is 8.23. The molecule has 7 nitrogen and oxygen atoms in total. The van der Waals surface area contributed by atoms with Crippen LogP contribution < -0.4 is 10.6 Å².